The van der Waals surface area contributed by atoms with E-state index in [2.05, 4.69) is 29.8 Å². The van der Waals surface area contributed by atoms with E-state index in [-0.39, 0.29) is 5.69 Å². The van der Waals surface area contributed by atoms with E-state index in [1.54, 1.807) is 25.2 Å². The molecule has 0 spiro atoms. The SMILES string of the molecule is C=CC[Si](CC=C)(CC=C)Nc1cn(CC)nc1C(F)(F)F. The summed E-state index contributed by atoms with van der Waals surface area (Å²) in [5.74, 6) is 0. The Balaban J connectivity index is 3.26. The Morgan fingerprint density at radius 2 is 1.68 bits per heavy atom. The second-order valence-corrected chi connectivity index (χ2v) is 9.16. The number of aromatic nitrogens is 2. The van der Waals surface area contributed by atoms with Crippen molar-refractivity contribution in [3.8, 4) is 0 Å². The van der Waals surface area contributed by atoms with Crippen molar-refractivity contribution in [2.24, 2.45) is 0 Å². The molecule has 0 radical (unpaired) electrons. The first-order valence-corrected chi connectivity index (χ1v) is 9.69. The molecule has 0 aromatic carbocycles. The molecule has 1 aromatic rings. The highest BCUT2D eigenvalue weighted by Crippen LogP contribution is 2.36. The van der Waals surface area contributed by atoms with Crippen LogP contribution >= 0.6 is 0 Å². The van der Waals surface area contributed by atoms with Crippen molar-refractivity contribution in [2.45, 2.75) is 37.8 Å². The van der Waals surface area contributed by atoms with Crippen molar-refractivity contribution in [3.63, 3.8) is 0 Å². The summed E-state index contributed by atoms with van der Waals surface area (Å²) in [4.78, 5) is 3.15. The third-order valence-electron chi connectivity index (χ3n) is 3.36. The van der Waals surface area contributed by atoms with Gasteiger partial charge in [-0.25, -0.2) is 0 Å². The maximum Gasteiger partial charge on any atom is 0.437 e. The normalized spacial score (nSPS) is 12.0. The first-order valence-electron chi connectivity index (χ1n) is 7.07. The Labute approximate surface area is 130 Å². The maximum absolute atomic E-state index is 13.2. The van der Waals surface area contributed by atoms with Gasteiger partial charge in [-0.05, 0) is 25.1 Å². The summed E-state index contributed by atoms with van der Waals surface area (Å²) in [5, 5.41) is 3.64. The van der Waals surface area contributed by atoms with Gasteiger partial charge in [0.15, 0.2) is 13.9 Å². The molecule has 0 aliphatic rings. The van der Waals surface area contributed by atoms with Crippen molar-refractivity contribution in [1.82, 2.24) is 9.78 Å². The van der Waals surface area contributed by atoms with E-state index in [1.807, 2.05) is 0 Å². The zero-order chi connectivity index (χ0) is 16.8. The third-order valence-corrected chi connectivity index (χ3v) is 7.37. The van der Waals surface area contributed by atoms with E-state index in [0.29, 0.717) is 24.7 Å². The number of halogens is 3. The van der Waals surface area contributed by atoms with Gasteiger partial charge in [-0.1, -0.05) is 18.2 Å². The molecule has 0 saturated carbocycles. The molecule has 0 unspecified atom stereocenters. The second-order valence-electron chi connectivity index (χ2n) is 5.13. The van der Waals surface area contributed by atoms with Crippen LogP contribution in [0, 0.1) is 0 Å². The molecular formula is C15H22F3N3Si. The molecule has 0 bridgehead atoms. The summed E-state index contributed by atoms with van der Waals surface area (Å²) in [6.45, 7) is 13.3. The standard InChI is InChI=1S/C15H22F3N3Si/c1-5-9-22(10-6-2,11-7-3)20-13-12-21(8-4)19-14(13)15(16,17)18/h5-7,12,20H,1-3,8-11H2,4H3. The minimum atomic E-state index is -4.49. The van der Waals surface area contributed by atoms with Crippen LogP contribution in [0.25, 0.3) is 0 Å². The highest BCUT2D eigenvalue weighted by Gasteiger charge is 2.40. The zero-order valence-corrected chi connectivity index (χ0v) is 13.8. The predicted molar refractivity (Wildman–Crippen MR) is 87.3 cm³/mol. The molecule has 7 heteroatoms. The minimum absolute atomic E-state index is 0.0339. The van der Waals surface area contributed by atoms with E-state index in [9.17, 15) is 13.2 Å². The summed E-state index contributed by atoms with van der Waals surface area (Å²) < 4.78 is 40.8. The first kappa shape index (κ1) is 18.3. The number of anilines is 1. The molecule has 1 N–H and O–H groups in total. The fourth-order valence-electron chi connectivity index (χ4n) is 2.40. The first-order chi connectivity index (χ1) is 10.3. The Hall–Kier alpha value is -1.76. The van der Waals surface area contributed by atoms with Gasteiger partial charge in [0, 0.05) is 12.7 Å². The van der Waals surface area contributed by atoms with Crippen LogP contribution in [-0.4, -0.2) is 18.0 Å². The number of hydrogen-bond donors (Lipinski definition) is 1. The Kier molecular flexibility index (Phi) is 6.22. The van der Waals surface area contributed by atoms with Gasteiger partial charge in [0.1, 0.15) is 0 Å². The monoisotopic (exact) mass is 329 g/mol. The fourth-order valence-corrected chi connectivity index (χ4v) is 5.62. The number of alkyl halides is 3. The smallest absolute Gasteiger partial charge is 0.406 e. The summed E-state index contributed by atoms with van der Waals surface area (Å²) >= 11 is 0. The van der Waals surface area contributed by atoms with E-state index in [0.717, 1.165) is 0 Å². The fraction of sp³-hybridized carbons (Fsp3) is 0.400. The molecule has 1 heterocycles. The summed E-state index contributed by atoms with van der Waals surface area (Å²) in [6, 6.07) is 1.87. The topological polar surface area (TPSA) is 29.9 Å². The molecule has 3 nitrogen and oxygen atoms in total. The maximum atomic E-state index is 13.2. The minimum Gasteiger partial charge on any atom is -0.406 e. The van der Waals surface area contributed by atoms with E-state index in [4.69, 9.17) is 0 Å². The predicted octanol–water partition coefficient (Wildman–Crippen LogP) is 4.84. The zero-order valence-electron chi connectivity index (χ0n) is 12.8. The van der Waals surface area contributed by atoms with Crippen LogP contribution in [0.4, 0.5) is 18.9 Å². The second kappa shape index (κ2) is 7.48. The van der Waals surface area contributed by atoms with Crippen molar-refractivity contribution >= 4 is 13.9 Å². The lowest BCUT2D eigenvalue weighted by molar-refractivity contribution is -0.140. The molecule has 0 saturated heterocycles. The lowest BCUT2D eigenvalue weighted by Crippen LogP contribution is -2.42. The van der Waals surface area contributed by atoms with Crippen molar-refractivity contribution in [3.05, 3.63) is 49.9 Å². The van der Waals surface area contributed by atoms with Gasteiger partial charge < -0.3 is 4.98 Å². The van der Waals surface area contributed by atoms with Crippen LogP contribution in [-0.2, 0) is 12.7 Å². The average Bonchev–Trinajstić information content (AvgIpc) is 2.82. The molecule has 1 aromatic heterocycles. The lowest BCUT2D eigenvalue weighted by Gasteiger charge is -2.30. The molecule has 0 atom stereocenters. The number of rotatable bonds is 9. The number of nitrogens with one attached hydrogen (secondary N) is 1. The molecular weight excluding hydrogens is 307 g/mol. The number of aryl methyl sites for hydroxylation is 1. The van der Waals surface area contributed by atoms with Crippen LogP contribution in [0.1, 0.15) is 12.6 Å². The Bertz CT molecular complexity index is 508. The van der Waals surface area contributed by atoms with Gasteiger partial charge in [-0.3, -0.25) is 4.68 Å². The van der Waals surface area contributed by atoms with Gasteiger partial charge >= 0.3 is 6.18 Å². The van der Waals surface area contributed by atoms with Crippen LogP contribution in [0.5, 0.6) is 0 Å². The Morgan fingerprint density at radius 3 is 2.05 bits per heavy atom. The lowest BCUT2D eigenvalue weighted by atomic mass is 10.4. The van der Waals surface area contributed by atoms with Crippen LogP contribution in [0.15, 0.2) is 44.2 Å². The van der Waals surface area contributed by atoms with Gasteiger partial charge in [0.2, 0.25) is 0 Å². The van der Waals surface area contributed by atoms with Crippen molar-refractivity contribution < 1.29 is 13.2 Å². The molecule has 22 heavy (non-hydrogen) atoms. The molecule has 1 rings (SSSR count). The van der Waals surface area contributed by atoms with E-state index in [1.165, 1.54) is 10.9 Å². The number of hydrogen-bond acceptors (Lipinski definition) is 2. The summed E-state index contributed by atoms with van der Waals surface area (Å²) in [7, 11) is -2.30. The van der Waals surface area contributed by atoms with Gasteiger partial charge in [-0.15, -0.1) is 19.7 Å². The Morgan fingerprint density at radius 1 is 1.18 bits per heavy atom. The molecule has 0 fully saturated rings. The summed E-state index contributed by atoms with van der Waals surface area (Å²) in [6.07, 6.45) is 2.15. The number of nitrogens with zero attached hydrogens (tertiary/aromatic N) is 2. The van der Waals surface area contributed by atoms with Crippen molar-refractivity contribution in [1.29, 1.82) is 0 Å². The van der Waals surface area contributed by atoms with Crippen molar-refractivity contribution in [2.75, 3.05) is 4.98 Å². The number of allylic oxidation sites excluding steroid dienone is 3. The van der Waals surface area contributed by atoms with Gasteiger partial charge in [-0.2, -0.15) is 18.3 Å². The van der Waals surface area contributed by atoms with E-state index < -0.39 is 20.1 Å². The third kappa shape index (κ3) is 4.36. The van der Waals surface area contributed by atoms with Gasteiger partial charge in [0.05, 0.1) is 5.69 Å². The van der Waals surface area contributed by atoms with Gasteiger partial charge in [0.25, 0.3) is 0 Å². The summed E-state index contributed by atoms with van der Waals surface area (Å²) in [5.41, 5.74) is -0.838. The molecule has 0 aliphatic carbocycles. The molecule has 0 aliphatic heterocycles. The van der Waals surface area contributed by atoms with Crippen LogP contribution < -0.4 is 4.98 Å². The van der Waals surface area contributed by atoms with Crippen LogP contribution in [0.2, 0.25) is 18.1 Å². The molecule has 0 amide bonds. The molecule has 122 valence electrons. The van der Waals surface area contributed by atoms with E-state index >= 15 is 0 Å². The highest BCUT2D eigenvalue weighted by atomic mass is 28.3. The average molecular weight is 329 g/mol. The van der Waals surface area contributed by atoms with Crippen LogP contribution in [0.3, 0.4) is 0 Å². The largest absolute Gasteiger partial charge is 0.437 e. The quantitative estimate of drug-likeness (QED) is 0.519. The highest BCUT2D eigenvalue weighted by molar-refractivity contribution is 6.83.